The first-order valence-electron chi connectivity index (χ1n) is 6.38. The number of hydrogen-bond donors (Lipinski definition) is 0. The minimum absolute atomic E-state index is 0.664. The zero-order valence-corrected chi connectivity index (χ0v) is 10.8. The molecule has 2 nitrogen and oxygen atoms in total. The zero-order chi connectivity index (χ0) is 13.9. The van der Waals surface area contributed by atoms with E-state index in [2.05, 4.69) is 24.0 Å². The summed E-state index contributed by atoms with van der Waals surface area (Å²) < 4.78 is 0. The van der Waals surface area contributed by atoms with Crippen molar-refractivity contribution in [2.75, 3.05) is 0 Å². The Balaban J connectivity index is 2.10. The fourth-order valence-corrected chi connectivity index (χ4v) is 2.39. The Labute approximate surface area is 117 Å². The van der Waals surface area contributed by atoms with E-state index in [-0.39, 0.29) is 0 Å². The van der Waals surface area contributed by atoms with Crippen LogP contribution in [0.5, 0.6) is 0 Å². The molecule has 2 aromatic rings. The van der Waals surface area contributed by atoms with Gasteiger partial charge in [0.25, 0.3) is 0 Å². The van der Waals surface area contributed by atoms with Crippen molar-refractivity contribution < 1.29 is 0 Å². The van der Waals surface area contributed by atoms with E-state index in [1.807, 2.05) is 24.3 Å². The predicted octanol–water partition coefficient (Wildman–Crippen LogP) is 2.93. The fraction of sp³-hybridized carbons (Fsp3) is 0.111. The van der Waals surface area contributed by atoms with Crippen molar-refractivity contribution in [3.05, 3.63) is 69.8 Å². The van der Waals surface area contributed by atoms with Crippen molar-refractivity contribution >= 4 is 0 Å². The Kier molecular flexibility index (Phi) is 2.96. The molecule has 0 spiro atoms. The van der Waals surface area contributed by atoms with Crippen LogP contribution >= 0.6 is 0 Å². The van der Waals surface area contributed by atoms with Crippen LogP contribution in [0.4, 0.5) is 0 Å². The lowest BCUT2D eigenvalue weighted by Gasteiger charge is -2.10. The Morgan fingerprint density at radius 2 is 1.20 bits per heavy atom. The van der Waals surface area contributed by atoms with Gasteiger partial charge in [-0.2, -0.15) is 10.5 Å². The summed E-state index contributed by atoms with van der Waals surface area (Å²) in [6.45, 7) is 0. The largest absolute Gasteiger partial charge is 0.192 e. The molecule has 0 unspecified atom stereocenters. The highest BCUT2D eigenvalue weighted by atomic mass is 14.2. The minimum atomic E-state index is 0.664. The van der Waals surface area contributed by atoms with Gasteiger partial charge in [0.1, 0.15) is 0 Å². The van der Waals surface area contributed by atoms with Gasteiger partial charge in [0, 0.05) is 11.1 Å². The molecule has 0 atom stereocenters. The molecule has 0 bridgehead atoms. The molecule has 0 fully saturated rings. The van der Waals surface area contributed by atoms with E-state index < -0.39 is 0 Å². The van der Waals surface area contributed by atoms with Crippen molar-refractivity contribution in [1.82, 2.24) is 0 Å². The summed E-state index contributed by atoms with van der Waals surface area (Å²) in [7, 11) is 0. The highest BCUT2D eigenvalue weighted by molar-refractivity contribution is 5.54. The SMILES string of the molecule is N#Cc1ccc2c(c1)CCc1cc(C#N)ccc1C#C2. The molecule has 92 valence electrons. The summed E-state index contributed by atoms with van der Waals surface area (Å²) in [5, 5.41) is 17.9. The van der Waals surface area contributed by atoms with E-state index in [9.17, 15) is 0 Å². The fourth-order valence-electron chi connectivity index (χ4n) is 2.39. The average molecular weight is 254 g/mol. The zero-order valence-electron chi connectivity index (χ0n) is 10.8. The molecule has 1 aliphatic carbocycles. The lowest BCUT2D eigenvalue weighted by atomic mass is 9.92. The first-order chi connectivity index (χ1) is 9.80. The van der Waals surface area contributed by atoms with Crippen LogP contribution in [0.1, 0.15) is 33.4 Å². The highest BCUT2D eigenvalue weighted by Gasteiger charge is 2.09. The maximum absolute atomic E-state index is 8.97. The first kappa shape index (κ1) is 12.0. The van der Waals surface area contributed by atoms with Crippen molar-refractivity contribution in [3.63, 3.8) is 0 Å². The van der Waals surface area contributed by atoms with E-state index >= 15 is 0 Å². The maximum atomic E-state index is 8.97. The monoisotopic (exact) mass is 254 g/mol. The molecule has 0 aliphatic heterocycles. The minimum Gasteiger partial charge on any atom is -0.192 e. The Morgan fingerprint density at radius 3 is 1.60 bits per heavy atom. The van der Waals surface area contributed by atoms with Gasteiger partial charge in [-0.05, 0) is 60.4 Å². The summed E-state index contributed by atoms with van der Waals surface area (Å²) in [5.41, 5.74) is 5.50. The maximum Gasteiger partial charge on any atom is 0.0991 e. The number of hydrogen-bond acceptors (Lipinski definition) is 2. The van der Waals surface area contributed by atoms with Crippen LogP contribution in [-0.2, 0) is 12.8 Å². The molecule has 0 saturated carbocycles. The van der Waals surface area contributed by atoms with Gasteiger partial charge in [-0.3, -0.25) is 0 Å². The van der Waals surface area contributed by atoms with E-state index in [1.165, 1.54) is 0 Å². The summed E-state index contributed by atoms with van der Waals surface area (Å²) in [4.78, 5) is 0. The third-order valence-electron chi connectivity index (χ3n) is 3.46. The summed E-state index contributed by atoms with van der Waals surface area (Å²) in [6, 6.07) is 15.6. The van der Waals surface area contributed by atoms with Gasteiger partial charge in [-0.15, -0.1) is 0 Å². The van der Waals surface area contributed by atoms with Gasteiger partial charge in [0.2, 0.25) is 0 Å². The van der Waals surface area contributed by atoms with E-state index in [0.717, 1.165) is 35.1 Å². The van der Waals surface area contributed by atoms with Crippen molar-refractivity contribution in [3.8, 4) is 24.0 Å². The molecular weight excluding hydrogens is 244 g/mol. The smallest absolute Gasteiger partial charge is 0.0991 e. The second-order valence-electron chi connectivity index (χ2n) is 4.72. The molecule has 2 aromatic carbocycles. The number of rotatable bonds is 0. The Hall–Kier alpha value is -3.02. The third kappa shape index (κ3) is 2.14. The van der Waals surface area contributed by atoms with Crippen molar-refractivity contribution in [1.29, 1.82) is 10.5 Å². The van der Waals surface area contributed by atoms with Gasteiger partial charge in [0.05, 0.1) is 23.3 Å². The number of aryl methyl sites for hydroxylation is 2. The van der Waals surface area contributed by atoms with Crippen molar-refractivity contribution in [2.45, 2.75) is 12.8 Å². The molecule has 2 heteroatoms. The topological polar surface area (TPSA) is 47.6 Å². The van der Waals surface area contributed by atoms with Crippen LogP contribution in [0, 0.1) is 34.5 Å². The van der Waals surface area contributed by atoms with E-state index in [1.54, 1.807) is 12.1 Å². The van der Waals surface area contributed by atoms with E-state index in [0.29, 0.717) is 11.1 Å². The molecule has 1 aliphatic rings. The second-order valence-corrected chi connectivity index (χ2v) is 4.72. The summed E-state index contributed by atoms with van der Waals surface area (Å²) in [6.07, 6.45) is 1.67. The van der Waals surface area contributed by atoms with Crippen LogP contribution in [0.25, 0.3) is 0 Å². The van der Waals surface area contributed by atoms with Gasteiger partial charge < -0.3 is 0 Å². The van der Waals surface area contributed by atoms with Gasteiger partial charge >= 0.3 is 0 Å². The Bertz CT molecular complexity index is 767. The molecule has 0 N–H and O–H groups in total. The van der Waals surface area contributed by atoms with Crippen LogP contribution < -0.4 is 0 Å². The number of benzene rings is 2. The third-order valence-corrected chi connectivity index (χ3v) is 3.46. The van der Waals surface area contributed by atoms with Crippen molar-refractivity contribution in [2.24, 2.45) is 0 Å². The summed E-state index contributed by atoms with van der Waals surface area (Å²) in [5.74, 6) is 6.34. The van der Waals surface area contributed by atoms with Gasteiger partial charge in [0.15, 0.2) is 0 Å². The van der Waals surface area contributed by atoms with Gasteiger partial charge in [-0.25, -0.2) is 0 Å². The number of nitriles is 2. The lowest BCUT2D eigenvalue weighted by Crippen LogP contribution is -2.01. The van der Waals surface area contributed by atoms with Crippen LogP contribution in [0.3, 0.4) is 0 Å². The molecule has 20 heavy (non-hydrogen) atoms. The van der Waals surface area contributed by atoms with E-state index in [4.69, 9.17) is 10.5 Å². The molecule has 0 saturated heterocycles. The first-order valence-corrected chi connectivity index (χ1v) is 6.38. The molecule has 0 amide bonds. The molecule has 0 radical (unpaired) electrons. The predicted molar refractivity (Wildman–Crippen MR) is 75.7 cm³/mol. The number of nitrogens with zero attached hydrogens (tertiary/aromatic N) is 2. The quantitative estimate of drug-likeness (QED) is 0.679. The lowest BCUT2D eigenvalue weighted by molar-refractivity contribution is 0.949. The van der Waals surface area contributed by atoms with Crippen LogP contribution in [0.15, 0.2) is 36.4 Å². The second kappa shape index (κ2) is 4.93. The van der Waals surface area contributed by atoms with Gasteiger partial charge in [-0.1, -0.05) is 11.8 Å². The molecule has 0 aromatic heterocycles. The van der Waals surface area contributed by atoms with Crippen LogP contribution in [0.2, 0.25) is 0 Å². The standard InChI is InChI=1S/C18H10N2/c19-11-13-1-3-15-5-6-16-4-2-14(12-20)10-18(16)8-7-17(15)9-13/h1-4,9-10H,7-8H2. The Morgan fingerprint density at radius 1 is 0.750 bits per heavy atom. The molecular formula is C18H10N2. The average Bonchev–Trinajstić information content (AvgIpc) is 2.49. The number of fused-ring (bicyclic) bond motifs is 2. The molecule has 3 rings (SSSR count). The summed E-state index contributed by atoms with van der Waals surface area (Å²) >= 11 is 0. The van der Waals surface area contributed by atoms with Crippen LogP contribution in [-0.4, -0.2) is 0 Å². The molecule has 0 heterocycles. The normalized spacial score (nSPS) is 11.5. The highest BCUT2D eigenvalue weighted by Crippen LogP contribution is 2.20.